The van der Waals surface area contributed by atoms with E-state index in [2.05, 4.69) is 19.1 Å². The van der Waals surface area contributed by atoms with Crippen LogP contribution >= 0.6 is 0 Å². The molecule has 1 heteroatoms. The molecule has 0 radical (unpaired) electrons. The van der Waals surface area contributed by atoms with Crippen LogP contribution in [0.15, 0.2) is 53.6 Å². The van der Waals surface area contributed by atoms with Crippen LogP contribution in [-0.2, 0) is 11.2 Å². The third kappa shape index (κ3) is 3.70. The first kappa shape index (κ1) is 11.8. The van der Waals surface area contributed by atoms with Crippen LogP contribution in [0.1, 0.15) is 31.7 Å². The van der Waals surface area contributed by atoms with Gasteiger partial charge in [0.25, 0.3) is 0 Å². The van der Waals surface area contributed by atoms with Crippen molar-refractivity contribution in [2.24, 2.45) is 0 Å². The van der Waals surface area contributed by atoms with E-state index >= 15 is 0 Å². The number of carbonyl (C=O) groups is 1. The van der Waals surface area contributed by atoms with E-state index in [0.29, 0.717) is 18.6 Å². The molecule has 0 spiro atoms. The summed E-state index contributed by atoms with van der Waals surface area (Å²) in [6, 6.07) is 9.96. The van der Waals surface area contributed by atoms with Crippen LogP contribution in [0.25, 0.3) is 0 Å². The Kier molecular flexibility index (Phi) is 3.92. The molecule has 1 aliphatic carbocycles. The molecule has 0 bridgehead atoms. The maximum absolute atomic E-state index is 11.9. The Bertz CT molecular complexity index is 452. The number of allylic oxidation sites excluding steroid dienone is 4. The lowest BCUT2D eigenvalue weighted by atomic mass is 9.94. The molecule has 0 atom stereocenters. The van der Waals surface area contributed by atoms with Gasteiger partial charge in [-0.2, -0.15) is 0 Å². The number of benzene rings is 1. The summed E-state index contributed by atoms with van der Waals surface area (Å²) in [5.74, 6) is 0.315. The molecule has 0 aromatic heterocycles. The number of carbonyl (C=O) groups excluding carboxylic acids is 1. The van der Waals surface area contributed by atoms with Crippen LogP contribution < -0.4 is 0 Å². The second-order valence-electron chi connectivity index (χ2n) is 4.72. The molecule has 0 unspecified atom stereocenters. The first-order valence-corrected chi connectivity index (χ1v) is 6.15. The van der Waals surface area contributed by atoms with Crippen molar-refractivity contribution in [2.45, 2.75) is 32.6 Å². The fraction of sp³-hybridized carbons (Fsp3) is 0.312. The van der Waals surface area contributed by atoms with Gasteiger partial charge in [-0.15, -0.1) is 0 Å². The van der Waals surface area contributed by atoms with E-state index < -0.39 is 0 Å². The average molecular weight is 226 g/mol. The van der Waals surface area contributed by atoms with Crippen molar-refractivity contribution in [2.75, 3.05) is 0 Å². The monoisotopic (exact) mass is 226 g/mol. The number of hydrogen-bond acceptors (Lipinski definition) is 1. The molecule has 88 valence electrons. The number of Topliss-reactive ketones (excluding diaryl/α,β-unsaturated/α-hetero) is 1. The minimum Gasteiger partial charge on any atom is -0.299 e. The second kappa shape index (κ2) is 5.62. The third-order valence-electron chi connectivity index (χ3n) is 3.11. The standard InChI is InChI=1S/C16H18O/c1-13-7-9-15(10-8-13)12-16(17)11-14-5-3-2-4-6-14/h2-7,9H,8,10-12H2,1H3. The minimum absolute atomic E-state index is 0.315. The molecular formula is C16H18O. The fourth-order valence-electron chi connectivity index (χ4n) is 2.07. The highest BCUT2D eigenvalue weighted by Gasteiger charge is 2.09. The molecule has 17 heavy (non-hydrogen) atoms. The topological polar surface area (TPSA) is 17.1 Å². The van der Waals surface area contributed by atoms with Gasteiger partial charge in [0.05, 0.1) is 0 Å². The Hall–Kier alpha value is -1.63. The van der Waals surface area contributed by atoms with E-state index in [9.17, 15) is 4.79 Å². The van der Waals surface area contributed by atoms with Gasteiger partial charge in [0.2, 0.25) is 0 Å². The smallest absolute Gasteiger partial charge is 0.141 e. The highest BCUT2D eigenvalue weighted by Crippen LogP contribution is 2.20. The SMILES string of the molecule is CC1=CC=C(CC(=O)Cc2ccccc2)CC1. The Labute approximate surface area is 103 Å². The van der Waals surface area contributed by atoms with Gasteiger partial charge in [-0.3, -0.25) is 4.79 Å². The van der Waals surface area contributed by atoms with Crippen LogP contribution in [0.5, 0.6) is 0 Å². The van der Waals surface area contributed by atoms with Crippen molar-refractivity contribution in [3.8, 4) is 0 Å². The van der Waals surface area contributed by atoms with E-state index in [-0.39, 0.29) is 0 Å². The molecule has 0 aliphatic heterocycles. The van der Waals surface area contributed by atoms with Crippen molar-refractivity contribution >= 4 is 5.78 Å². The van der Waals surface area contributed by atoms with Gasteiger partial charge in [0.1, 0.15) is 5.78 Å². The minimum atomic E-state index is 0.315. The molecule has 0 saturated carbocycles. The molecule has 1 nitrogen and oxygen atoms in total. The molecule has 1 aromatic carbocycles. The van der Waals surface area contributed by atoms with E-state index in [1.54, 1.807) is 0 Å². The predicted molar refractivity (Wildman–Crippen MR) is 70.8 cm³/mol. The Morgan fingerprint density at radius 3 is 2.47 bits per heavy atom. The predicted octanol–water partition coefficient (Wildman–Crippen LogP) is 3.85. The van der Waals surface area contributed by atoms with Crippen molar-refractivity contribution < 1.29 is 4.79 Å². The van der Waals surface area contributed by atoms with Gasteiger partial charge in [0.15, 0.2) is 0 Å². The van der Waals surface area contributed by atoms with E-state index in [0.717, 1.165) is 18.4 Å². The molecule has 1 aromatic rings. The van der Waals surface area contributed by atoms with Crippen molar-refractivity contribution in [3.63, 3.8) is 0 Å². The number of ketones is 1. The zero-order valence-electron chi connectivity index (χ0n) is 10.3. The molecule has 0 heterocycles. The Morgan fingerprint density at radius 1 is 1.06 bits per heavy atom. The summed E-state index contributed by atoms with van der Waals surface area (Å²) in [4.78, 5) is 11.9. The zero-order chi connectivity index (χ0) is 12.1. The lowest BCUT2D eigenvalue weighted by molar-refractivity contribution is -0.117. The summed E-state index contributed by atoms with van der Waals surface area (Å²) < 4.78 is 0. The maximum atomic E-state index is 11.9. The highest BCUT2D eigenvalue weighted by atomic mass is 16.1. The number of rotatable bonds is 4. The lowest BCUT2D eigenvalue weighted by Gasteiger charge is -2.11. The largest absolute Gasteiger partial charge is 0.299 e. The van der Waals surface area contributed by atoms with Gasteiger partial charge in [-0.25, -0.2) is 0 Å². The van der Waals surface area contributed by atoms with Crippen LogP contribution in [0.3, 0.4) is 0 Å². The van der Waals surface area contributed by atoms with Gasteiger partial charge < -0.3 is 0 Å². The molecule has 2 rings (SSSR count). The summed E-state index contributed by atoms with van der Waals surface area (Å²) in [7, 11) is 0. The van der Waals surface area contributed by atoms with Crippen molar-refractivity contribution in [1.29, 1.82) is 0 Å². The normalized spacial score (nSPS) is 15.1. The van der Waals surface area contributed by atoms with Crippen LogP contribution in [-0.4, -0.2) is 5.78 Å². The quantitative estimate of drug-likeness (QED) is 0.762. The molecule has 0 saturated heterocycles. The van der Waals surface area contributed by atoms with Gasteiger partial charge in [-0.1, -0.05) is 53.6 Å². The molecule has 0 N–H and O–H groups in total. The van der Waals surface area contributed by atoms with E-state index in [1.165, 1.54) is 11.1 Å². The maximum Gasteiger partial charge on any atom is 0.141 e. The van der Waals surface area contributed by atoms with Gasteiger partial charge >= 0.3 is 0 Å². The summed E-state index contributed by atoms with van der Waals surface area (Å²) in [6.45, 7) is 2.14. The molecular weight excluding hydrogens is 208 g/mol. The van der Waals surface area contributed by atoms with Gasteiger partial charge in [0, 0.05) is 12.8 Å². The van der Waals surface area contributed by atoms with Crippen molar-refractivity contribution in [1.82, 2.24) is 0 Å². The second-order valence-corrected chi connectivity index (χ2v) is 4.72. The third-order valence-corrected chi connectivity index (χ3v) is 3.11. The Morgan fingerprint density at radius 2 is 1.82 bits per heavy atom. The Balaban J connectivity index is 1.90. The van der Waals surface area contributed by atoms with Crippen LogP contribution in [0.4, 0.5) is 0 Å². The summed E-state index contributed by atoms with van der Waals surface area (Å²) in [6.07, 6.45) is 7.56. The molecule has 1 aliphatic rings. The van der Waals surface area contributed by atoms with Crippen molar-refractivity contribution in [3.05, 3.63) is 59.2 Å². The van der Waals surface area contributed by atoms with Gasteiger partial charge in [-0.05, 0) is 25.3 Å². The highest BCUT2D eigenvalue weighted by molar-refractivity contribution is 5.83. The summed E-state index contributed by atoms with van der Waals surface area (Å²) in [5, 5.41) is 0. The average Bonchev–Trinajstić information content (AvgIpc) is 2.33. The van der Waals surface area contributed by atoms with E-state index in [1.807, 2.05) is 30.3 Å². The van der Waals surface area contributed by atoms with Crippen LogP contribution in [0, 0.1) is 0 Å². The van der Waals surface area contributed by atoms with E-state index in [4.69, 9.17) is 0 Å². The first-order valence-electron chi connectivity index (χ1n) is 6.15. The summed E-state index contributed by atoms with van der Waals surface area (Å²) in [5.41, 5.74) is 3.79. The fourth-order valence-corrected chi connectivity index (χ4v) is 2.07. The molecule has 0 fully saturated rings. The number of hydrogen-bond donors (Lipinski definition) is 0. The van der Waals surface area contributed by atoms with Crippen LogP contribution in [0.2, 0.25) is 0 Å². The zero-order valence-corrected chi connectivity index (χ0v) is 10.3. The molecule has 0 amide bonds. The summed E-state index contributed by atoms with van der Waals surface area (Å²) >= 11 is 0. The lowest BCUT2D eigenvalue weighted by Crippen LogP contribution is -2.05. The first-order chi connectivity index (χ1) is 8.24.